The molecule has 0 spiro atoms. The summed E-state index contributed by atoms with van der Waals surface area (Å²) in [4.78, 5) is 14.9. The minimum absolute atomic E-state index is 0.0511. The molecule has 4 rings (SSSR count). The number of hydrogen-bond donors (Lipinski definition) is 2. The van der Waals surface area contributed by atoms with Gasteiger partial charge < -0.3 is 15.4 Å². The second-order valence-corrected chi connectivity index (χ2v) is 8.44. The predicted octanol–water partition coefficient (Wildman–Crippen LogP) is 2.93. The predicted molar refractivity (Wildman–Crippen MR) is 103 cm³/mol. The molecule has 0 bridgehead atoms. The van der Waals surface area contributed by atoms with Crippen molar-refractivity contribution >= 4 is 17.6 Å². The van der Waals surface area contributed by atoms with Gasteiger partial charge in [0.15, 0.2) is 0 Å². The normalized spacial score (nSPS) is 23.7. The molecule has 6 heteroatoms. The highest BCUT2D eigenvalue weighted by molar-refractivity contribution is 6.30. The van der Waals surface area contributed by atoms with Gasteiger partial charge in [0.1, 0.15) is 0 Å². The van der Waals surface area contributed by atoms with Gasteiger partial charge in [0.05, 0.1) is 13.2 Å². The minimum Gasteiger partial charge on any atom is -0.379 e. The van der Waals surface area contributed by atoms with Crippen molar-refractivity contribution in [2.45, 2.75) is 43.1 Å². The Morgan fingerprint density at radius 2 is 1.69 bits per heavy atom. The van der Waals surface area contributed by atoms with Crippen LogP contribution in [0.3, 0.4) is 0 Å². The number of nitrogens with one attached hydrogen (secondary N) is 2. The third kappa shape index (κ3) is 3.71. The van der Waals surface area contributed by atoms with Crippen LogP contribution in [0.15, 0.2) is 24.3 Å². The summed E-state index contributed by atoms with van der Waals surface area (Å²) in [5.74, 6) is 0. The summed E-state index contributed by atoms with van der Waals surface area (Å²) < 4.78 is 5.44. The molecule has 1 aromatic carbocycles. The highest BCUT2D eigenvalue weighted by Gasteiger charge is 2.48. The van der Waals surface area contributed by atoms with Crippen molar-refractivity contribution in [1.29, 1.82) is 0 Å². The Bertz CT molecular complexity index is 635. The lowest BCUT2D eigenvalue weighted by Crippen LogP contribution is -2.53. The van der Waals surface area contributed by atoms with Gasteiger partial charge in [-0.25, -0.2) is 4.79 Å². The summed E-state index contributed by atoms with van der Waals surface area (Å²) in [7, 11) is 0. The van der Waals surface area contributed by atoms with Crippen LogP contribution in [0.1, 0.15) is 37.7 Å². The lowest BCUT2D eigenvalue weighted by Gasteiger charge is -2.42. The first-order valence-electron chi connectivity index (χ1n) is 9.73. The molecular weight excluding hydrogens is 350 g/mol. The van der Waals surface area contributed by atoms with Crippen molar-refractivity contribution in [2.24, 2.45) is 0 Å². The number of morpholine rings is 1. The van der Waals surface area contributed by atoms with Crippen LogP contribution in [0.5, 0.6) is 0 Å². The van der Waals surface area contributed by atoms with Crippen molar-refractivity contribution in [3.63, 3.8) is 0 Å². The van der Waals surface area contributed by atoms with Crippen molar-refractivity contribution in [1.82, 2.24) is 15.5 Å². The molecule has 142 valence electrons. The number of urea groups is 1. The van der Waals surface area contributed by atoms with Gasteiger partial charge in [-0.1, -0.05) is 30.2 Å². The fraction of sp³-hybridized carbons (Fsp3) is 0.650. The van der Waals surface area contributed by atoms with Gasteiger partial charge in [-0.15, -0.1) is 0 Å². The Kier molecular flexibility index (Phi) is 5.13. The van der Waals surface area contributed by atoms with Crippen LogP contribution in [-0.2, 0) is 10.2 Å². The topological polar surface area (TPSA) is 53.6 Å². The number of carbonyl (C=O) groups excluding carboxylic acids is 1. The molecule has 1 saturated heterocycles. The lowest BCUT2D eigenvalue weighted by molar-refractivity contribution is 0.0102. The average Bonchev–Trinajstić information content (AvgIpc) is 3.42. The fourth-order valence-corrected chi connectivity index (χ4v) is 4.44. The molecule has 3 aliphatic rings. The SMILES string of the molecule is O=C(NCC1(c2ccc(Cl)cc2)CCC1)NCC1(N2CCOCC2)CC1. The number of nitrogens with zero attached hydrogens (tertiary/aromatic N) is 1. The lowest BCUT2D eigenvalue weighted by atomic mass is 9.64. The number of rotatable bonds is 6. The van der Waals surface area contributed by atoms with Gasteiger partial charge in [0, 0.05) is 42.2 Å². The number of amides is 2. The van der Waals surface area contributed by atoms with Crippen molar-refractivity contribution in [3.05, 3.63) is 34.9 Å². The van der Waals surface area contributed by atoms with Crippen LogP contribution in [0.4, 0.5) is 4.79 Å². The molecule has 0 radical (unpaired) electrons. The standard InChI is InChI=1S/C20H28ClN3O2/c21-17-4-2-16(3-5-17)19(6-1-7-19)14-22-18(25)23-15-20(8-9-20)24-10-12-26-13-11-24/h2-5H,1,6-15H2,(H2,22,23,25). The summed E-state index contributed by atoms with van der Waals surface area (Å²) in [6, 6.07) is 8.02. The van der Waals surface area contributed by atoms with Gasteiger partial charge in [-0.2, -0.15) is 0 Å². The first kappa shape index (κ1) is 18.1. The maximum Gasteiger partial charge on any atom is 0.314 e. The first-order valence-corrected chi connectivity index (χ1v) is 10.1. The number of carbonyl (C=O) groups is 1. The van der Waals surface area contributed by atoms with E-state index in [0.29, 0.717) is 6.54 Å². The van der Waals surface area contributed by atoms with E-state index in [9.17, 15) is 4.79 Å². The first-order chi connectivity index (χ1) is 12.6. The summed E-state index contributed by atoms with van der Waals surface area (Å²) in [5, 5.41) is 6.98. The molecule has 2 aliphatic carbocycles. The third-order valence-electron chi connectivity index (χ3n) is 6.44. The second kappa shape index (κ2) is 7.37. The van der Waals surface area contributed by atoms with Crippen molar-refractivity contribution in [3.8, 4) is 0 Å². The molecule has 0 aromatic heterocycles. The van der Waals surface area contributed by atoms with Crippen LogP contribution < -0.4 is 10.6 Å². The molecule has 0 unspecified atom stereocenters. The highest BCUT2D eigenvalue weighted by Crippen LogP contribution is 2.43. The number of ether oxygens (including phenoxy) is 1. The molecule has 1 aromatic rings. The smallest absolute Gasteiger partial charge is 0.314 e. The van der Waals surface area contributed by atoms with Gasteiger partial charge in [0.25, 0.3) is 0 Å². The quantitative estimate of drug-likeness (QED) is 0.801. The Morgan fingerprint density at radius 1 is 1.04 bits per heavy atom. The zero-order valence-electron chi connectivity index (χ0n) is 15.2. The van der Waals surface area contributed by atoms with E-state index >= 15 is 0 Å². The monoisotopic (exact) mass is 377 g/mol. The van der Waals surface area contributed by atoms with Gasteiger partial charge >= 0.3 is 6.03 Å². The molecule has 2 N–H and O–H groups in total. The van der Waals surface area contributed by atoms with E-state index in [1.165, 1.54) is 24.8 Å². The molecule has 0 atom stereocenters. The molecule has 3 fully saturated rings. The van der Waals surface area contributed by atoms with Gasteiger partial charge in [-0.3, -0.25) is 4.90 Å². The van der Waals surface area contributed by atoms with E-state index in [4.69, 9.17) is 16.3 Å². The summed E-state index contributed by atoms with van der Waals surface area (Å²) in [5.41, 5.74) is 1.52. The van der Waals surface area contributed by atoms with E-state index in [0.717, 1.165) is 50.7 Å². The highest BCUT2D eigenvalue weighted by atomic mass is 35.5. The largest absolute Gasteiger partial charge is 0.379 e. The van der Waals surface area contributed by atoms with E-state index < -0.39 is 0 Å². The Morgan fingerprint density at radius 3 is 2.27 bits per heavy atom. The van der Waals surface area contributed by atoms with Crippen LogP contribution >= 0.6 is 11.6 Å². The van der Waals surface area contributed by atoms with E-state index in [1.54, 1.807) is 0 Å². The van der Waals surface area contributed by atoms with E-state index in [2.05, 4.69) is 27.7 Å². The molecule has 26 heavy (non-hydrogen) atoms. The molecular formula is C20H28ClN3O2. The Labute approximate surface area is 160 Å². The number of hydrogen-bond acceptors (Lipinski definition) is 3. The van der Waals surface area contributed by atoms with Crippen LogP contribution in [-0.4, -0.2) is 55.9 Å². The number of benzene rings is 1. The zero-order chi connectivity index (χ0) is 18.0. The van der Waals surface area contributed by atoms with Crippen LogP contribution in [0.2, 0.25) is 5.02 Å². The molecule has 5 nitrogen and oxygen atoms in total. The third-order valence-corrected chi connectivity index (χ3v) is 6.69. The maximum absolute atomic E-state index is 12.4. The zero-order valence-corrected chi connectivity index (χ0v) is 16.0. The molecule has 2 amide bonds. The summed E-state index contributed by atoms with van der Waals surface area (Å²) >= 11 is 6.01. The maximum atomic E-state index is 12.4. The number of halogens is 1. The Balaban J connectivity index is 1.27. The van der Waals surface area contributed by atoms with Crippen LogP contribution in [0, 0.1) is 0 Å². The van der Waals surface area contributed by atoms with Crippen molar-refractivity contribution < 1.29 is 9.53 Å². The van der Waals surface area contributed by atoms with E-state index in [1.807, 2.05) is 12.1 Å². The van der Waals surface area contributed by atoms with Gasteiger partial charge in [-0.05, 0) is 43.4 Å². The van der Waals surface area contributed by atoms with E-state index in [-0.39, 0.29) is 17.0 Å². The molecule has 1 aliphatic heterocycles. The van der Waals surface area contributed by atoms with Crippen molar-refractivity contribution in [2.75, 3.05) is 39.4 Å². The van der Waals surface area contributed by atoms with Crippen LogP contribution in [0.25, 0.3) is 0 Å². The molecule has 2 saturated carbocycles. The fourth-order valence-electron chi connectivity index (χ4n) is 4.32. The summed E-state index contributed by atoms with van der Waals surface area (Å²) in [6.45, 7) is 4.97. The van der Waals surface area contributed by atoms with Gasteiger partial charge in [0.2, 0.25) is 0 Å². The molecule has 1 heterocycles. The Hall–Kier alpha value is -1.30. The minimum atomic E-state index is -0.0511. The average molecular weight is 378 g/mol. The second-order valence-electron chi connectivity index (χ2n) is 8.00. The summed E-state index contributed by atoms with van der Waals surface area (Å²) in [6.07, 6.45) is 5.79.